The molecule has 0 radical (unpaired) electrons. The fourth-order valence-electron chi connectivity index (χ4n) is 10.6. The highest BCUT2D eigenvalue weighted by atomic mass is 28.4. The molecule has 436 valence electrons. The summed E-state index contributed by atoms with van der Waals surface area (Å²) in [5, 5.41) is 12.6. The van der Waals surface area contributed by atoms with Crippen molar-refractivity contribution in [2.45, 2.75) is 220 Å². The van der Waals surface area contributed by atoms with Gasteiger partial charge in [-0.25, -0.2) is 4.79 Å². The molecule has 78 heavy (non-hydrogen) atoms. The summed E-state index contributed by atoms with van der Waals surface area (Å²) in [4.78, 5) is 12.5. The van der Waals surface area contributed by atoms with E-state index in [-0.39, 0.29) is 5.63 Å². The maximum absolute atomic E-state index is 15.5. The molecule has 3 rings (SSSR count). The Morgan fingerprint density at radius 2 is 1.24 bits per heavy atom. The van der Waals surface area contributed by atoms with Crippen LogP contribution in [0.3, 0.4) is 0 Å². The van der Waals surface area contributed by atoms with Gasteiger partial charge in [-0.15, -0.1) is 0 Å². The van der Waals surface area contributed by atoms with E-state index in [1.165, 1.54) is 0 Å². The van der Waals surface area contributed by atoms with Gasteiger partial charge >= 0.3 is 29.6 Å². The molecular weight excluding hydrogens is 1050 g/mol. The average Bonchev–Trinajstić information content (AvgIpc) is 3.36. The van der Waals surface area contributed by atoms with Crippen molar-refractivity contribution in [1.82, 2.24) is 0 Å². The first-order valence-electron chi connectivity index (χ1n) is 27.3. The smallest absolute Gasteiger partial charge is 0.427 e. The Balaban J connectivity index is 2.14. The summed E-state index contributed by atoms with van der Waals surface area (Å²) < 4.78 is 149. The van der Waals surface area contributed by atoms with E-state index < -0.39 is 99.3 Å². The number of aryl methyl sites for hydroxylation is 1. The topological polar surface area (TPSA) is 68.9 Å². The Kier molecular flexibility index (Phi) is 24.4. The molecule has 0 bridgehead atoms. The van der Waals surface area contributed by atoms with E-state index in [9.17, 15) is 40.6 Å². The van der Waals surface area contributed by atoms with Gasteiger partial charge in [-0.3, -0.25) is 0 Å². The molecule has 0 amide bonds. The fraction of sp³-hybridized carbons (Fsp3) is 0.565. The predicted molar refractivity (Wildman–Crippen MR) is 305 cm³/mol. The lowest BCUT2D eigenvalue weighted by Crippen LogP contribution is -2.68. The van der Waals surface area contributed by atoms with Crippen molar-refractivity contribution in [3.8, 4) is 0 Å². The molecular formula is C62H87F9O5Si2. The van der Waals surface area contributed by atoms with E-state index in [0.717, 1.165) is 39.1 Å². The number of hydrogen-bond donors (Lipinski definition) is 1. The predicted octanol–water partition coefficient (Wildman–Crippen LogP) is 17.6. The van der Waals surface area contributed by atoms with E-state index in [1.54, 1.807) is 46.8 Å². The Morgan fingerprint density at radius 1 is 0.705 bits per heavy atom. The van der Waals surface area contributed by atoms with Crippen LogP contribution in [-0.4, -0.2) is 64.0 Å². The Bertz CT molecular complexity index is 2550. The fourth-order valence-corrected chi connectivity index (χ4v) is 20.1. The van der Waals surface area contributed by atoms with Crippen LogP contribution in [0.25, 0.3) is 0 Å². The molecule has 0 spiro atoms. The lowest BCUT2D eigenvalue weighted by Gasteiger charge is -2.49. The minimum Gasteiger partial charge on any atom is -0.427 e. The van der Waals surface area contributed by atoms with E-state index >= 15 is 8.78 Å². The standard InChI is InChI=1S/C62H87F9O5Si2/c1-17-26-50-34-36-53(74-57(50)73)48(12)55(72)47(11)28-25-27-43(7)39-45(9)40-44(8)33-35-54(75-78(58(14,15)16,51-29-21-19-22-30-51)52-31-23-20-24-32-52)49(13)56(46(10)18-2)76-77(41(3)4,42(5)6)38-37-59(63,64)60(65,66)61(67,68)62(69,70)71/h18-24,27-34,36,40-42,48-49,54-56,72H,17,25-26,35,37-39H2,1-16H3/b43-27+,44-33+,45-40+,46-18+,47-28+/t48-,49+,54-,55+,56+/m0/s1. The minimum atomic E-state index is -6.99. The summed E-state index contributed by atoms with van der Waals surface area (Å²) in [6.45, 7) is 30.4. The molecule has 1 aromatic heterocycles. The molecule has 0 aliphatic carbocycles. The average molecular weight is 1140 g/mol. The van der Waals surface area contributed by atoms with E-state index in [4.69, 9.17) is 13.3 Å². The van der Waals surface area contributed by atoms with Crippen molar-refractivity contribution in [3.63, 3.8) is 0 Å². The van der Waals surface area contributed by atoms with Crippen molar-refractivity contribution >= 4 is 27.0 Å². The third-order valence-electron chi connectivity index (χ3n) is 15.5. The van der Waals surface area contributed by atoms with Crippen LogP contribution in [0.1, 0.15) is 160 Å². The summed E-state index contributed by atoms with van der Waals surface area (Å²) in [6.07, 6.45) is 1.75. The van der Waals surface area contributed by atoms with Gasteiger partial charge in [0.15, 0.2) is 8.32 Å². The number of aliphatic hydroxyl groups excluding tert-OH is 1. The second kappa shape index (κ2) is 28.0. The van der Waals surface area contributed by atoms with Crippen molar-refractivity contribution in [2.24, 2.45) is 5.92 Å². The van der Waals surface area contributed by atoms with Crippen LogP contribution >= 0.6 is 0 Å². The lowest BCUT2D eigenvalue weighted by atomic mass is 9.91. The van der Waals surface area contributed by atoms with Gasteiger partial charge in [-0.05, 0) is 123 Å². The monoisotopic (exact) mass is 1140 g/mol. The van der Waals surface area contributed by atoms with Gasteiger partial charge in [-0.2, -0.15) is 39.5 Å². The highest BCUT2D eigenvalue weighted by Crippen LogP contribution is 2.56. The van der Waals surface area contributed by atoms with E-state index in [0.29, 0.717) is 42.6 Å². The first-order valence-corrected chi connectivity index (χ1v) is 31.4. The Labute approximate surface area is 461 Å². The van der Waals surface area contributed by atoms with Gasteiger partial charge in [-0.1, -0.05) is 183 Å². The Morgan fingerprint density at radius 3 is 1.71 bits per heavy atom. The molecule has 0 unspecified atom stereocenters. The van der Waals surface area contributed by atoms with Gasteiger partial charge < -0.3 is 18.4 Å². The van der Waals surface area contributed by atoms with Crippen LogP contribution in [0.4, 0.5) is 39.5 Å². The molecule has 16 heteroatoms. The molecule has 2 aromatic carbocycles. The summed E-state index contributed by atoms with van der Waals surface area (Å²) >= 11 is 0. The molecule has 1 N–H and O–H groups in total. The zero-order valence-corrected chi connectivity index (χ0v) is 50.8. The number of aliphatic hydroxyl groups is 1. The second-order valence-corrected chi connectivity index (χ2v) is 32.3. The van der Waals surface area contributed by atoms with Crippen molar-refractivity contribution in [1.29, 1.82) is 0 Å². The molecule has 0 saturated carbocycles. The molecule has 3 aromatic rings. The molecule has 1 heterocycles. The van der Waals surface area contributed by atoms with Gasteiger partial charge in [0, 0.05) is 23.8 Å². The number of rotatable bonds is 28. The minimum absolute atomic E-state index is 0.332. The third-order valence-corrected chi connectivity index (χ3v) is 26.2. The molecule has 5 nitrogen and oxygen atoms in total. The number of benzene rings is 2. The number of halogens is 9. The maximum Gasteiger partial charge on any atom is 0.460 e. The van der Waals surface area contributed by atoms with Crippen LogP contribution < -0.4 is 16.0 Å². The van der Waals surface area contributed by atoms with Crippen LogP contribution in [0.5, 0.6) is 0 Å². The summed E-state index contributed by atoms with van der Waals surface area (Å²) in [5.41, 5.74) is 3.60. The summed E-state index contributed by atoms with van der Waals surface area (Å²) in [5.74, 6) is -20.0. The van der Waals surface area contributed by atoms with Gasteiger partial charge in [0.1, 0.15) is 5.76 Å². The summed E-state index contributed by atoms with van der Waals surface area (Å²) in [7, 11) is -7.18. The summed E-state index contributed by atoms with van der Waals surface area (Å²) in [6, 6.07) is 22.6. The first-order chi connectivity index (χ1) is 36.0. The molecule has 0 aliphatic heterocycles. The van der Waals surface area contributed by atoms with Gasteiger partial charge in [0.2, 0.25) is 0 Å². The number of hydrogen-bond acceptors (Lipinski definition) is 5. The SMILES string of the molecule is C/C=C(\C)[C@@H](O[Si](CCC(F)(F)C(F)(F)C(F)(F)C(F)(F)F)(C(C)C)C(C)C)[C@H](C)[C@H](C/C=C(C)/C=C(\C)C/C(C)=C/C/C=C(\C)[C@@H](O)[C@@H](C)c1ccc(CCC)c(=O)o1)O[Si](c1ccccc1)(c1ccccc1)C(C)(C)C. The lowest BCUT2D eigenvalue weighted by molar-refractivity contribution is -0.396. The van der Waals surface area contributed by atoms with Crippen LogP contribution in [0, 0.1) is 5.92 Å². The molecule has 0 aliphatic rings. The van der Waals surface area contributed by atoms with Crippen molar-refractivity contribution in [2.75, 3.05) is 0 Å². The van der Waals surface area contributed by atoms with Gasteiger partial charge in [0.05, 0.1) is 18.3 Å². The second-order valence-electron chi connectivity index (χ2n) is 23.1. The third kappa shape index (κ3) is 16.0. The highest BCUT2D eigenvalue weighted by Gasteiger charge is 2.81. The normalized spacial score (nSPS) is 16.7. The Hall–Kier alpha value is -4.23. The highest BCUT2D eigenvalue weighted by molar-refractivity contribution is 6.99. The maximum atomic E-state index is 15.5. The quantitative estimate of drug-likeness (QED) is 0.0340. The van der Waals surface area contributed by atoms with Crippen LogP contribution in [0.2, 0.25) is 22.2 Å². The zero-order valence-electron chi connectivity index (χ0n) is 48.8. The van der Waals surface area contributed by atoms with Crippen LogP contribution in [-0.2, 0) is 15.3 Å². The number of alkyl halides is 9. The van der Waals surface area contributed by atoms with Crippen LogP contribution in [0.15, 0.2) is 140 Å². The van der Waals surface area contributed by atoms with Crippen molar-refractivity contribution in [3.05, 3.63) is 153 Å². The molecule has 5 atom stereocenters. The molecule has 0 saturated heterocycles. The van der Waals surface area contributed by atoms with Gasteiger partial charge in [0.25, 0.3) is 8.32 Å². The van der Waals surface area contributed by atoms with E-state index in [2.05, 4.69) is 63.3 Å². The number of allylic oxidation sites excluding steroid dienone is 7. The largest absolute Gasteiger partial charge is 0.460 e. The first kappa shape index (κ1) is 68.0. The molecule has 0 fully saturated rings. The van der Waals surface area contributed by atoms with Crippen molar-refractivity contribution < 1.29 is 57.9 Å². The zero-order chi connectivity index (χ0) is 59.4. The van der Waals surface area contributed by atoms with E-state index in [1.807, 2.05) is 104 Å².